The van der Waals surface area contributed by atoms with Crippen LogP contribution in [0, 0.1) is 0 Å². The van der Waals surface area contributed by atoms with Crippen molar-refractivity contribution in [1.29, 1.82) is 0 Å². The molecule has 0 aliphatic carbocycles. The first kappa shape index (κ1) is 17.8. The van der Waals surface area contributed by atoms with Crippen LogP contribution in [0.3, 0.4) is 0 Å². The number of alkyl halides is 2. The highest BCUT2D eigenvalue weighted by Crippen LogP contribution is 2.15. The Morgan fingerprint density at radius 2 is 2.00 bits per heavy atom. The molecule has 0 radical (unpaired) electrons. The summed E-state index contributed by atoms with van der Waals surface area (Å²) in [7, 11) is -4.46. The van der Waals surface area contributed by atoms with Gasteiger partial charge in [0.15, 0.2) is 0 Å². The van der Waals surface area contributed by atoms with Crippen LogP contribution in [0.25, 0.3) is 0 Å². The molecule has 1 amide bonds. The van der Waals surface area contributed by atoms with Crippen molar-refractivity contribution in [3.05, 3.63) is 35.4 Å². The fraction of sp³-hybridized carbons (Fsp3) is 0.533. The third kappa shape index (κ3) is 4.71. The zero-order chi connectivity index (χ0) is 17.0. The smallest absolute Gasteiger partial charge is 0.337 e. The summed E-state index contributed by atoms with van der Waals surface area (Å²) >= 11 is 0. The third-order valence-electron chi connectivity index (χ3n) is 3.93. The van der Waals surface area contributed by atoms with Gasteiger partial charge in [-0.05, 0) is 44.0 Å². The molecule has 1 aliphatic rings. The lowest BCUT2D eigenvalue weighted by molar-refractivity contribution is 0.0920. The van der Waals surface area contributed by atoms with Crippen LogP contribution in [0.1, 0.15) is 35.7 Å². The second-order valence-corrected chi connectivity index (χ2v) is 7.70. The van der Waals surface area contributed by atoms with Crippen molar-refractivity contribution >= 4 is 15.7 Å². The summed E-state index contributed by atoms with van der Waals surface area (Å²) in [6, 6.07) is 5.90. The molecule has 5 nitrogen and oxygen atoms in total. The standard InChI is InChI=1S/C15H20F2N2O3S/c1-10-13(3-2-8-18-10)19-14(20)12-6-4-11(5-7-12)9-23(21,22)15(16)17/h4-7,10,13,15,18H,2-3,8-9H2,1H3,(H,19,20). The van der Waals surface area contributed by atoms with Crippen LogP contribution in [0.15, 0.2) is 24.3 Å². The highest BCUT2D eigenvalue weighted by Gasteiger charge is 2.25. The number of halogens is 2. The summed E-state index contributed by atoms with van der Waals surface area (Å²) in [5.41, 5.74) is 0.607. The predicted molar refractivity (Wildman–Crippen MR) is 83.0 cm³/mol. The number of nitrogens with one attached hydrogen (secondary N) is 2. The van der Waals surface area contributed by atoms with Crippen LogP contribution in [-0.4, -0.2) is 38.7 Å². The fourth-order valence-electron chi connectivity index (χ4n) is 2.54. The van der Waals surface area contributed by atoms with Crippen molar-refractivity contribution in [3.63, 3.8) is 0 Å². The SMILES string of the molecule is CC1NCCCC1NC(=O)c1ccc(CS(=O)(=O)C(F)F)cc1. The molecular weight excluding hydrogens is 326 g/mol. The number of hydrogen-bond donors (Lipinski definition) is 2. The minimum atomic E-state index is -4.46. The Kier molecular flexibility index (Phi) is 5.69. The summed E-state index contributed by atoms with van der Waals surface area (Å²) in [6.45, 7) is 2.93. The van der Waals surface area contributed by atoms with Gasteiger partial charge in [0, 0.05) is 17.6 Å². The molecule has 2 atom stereocenters. The normalized spacial score (nSPS) is 22.1. The van der Waals surface area contributed by atoms with Crippen LogP contribution >= 0.6 is 0 Å². The Morgan fingerprint density at radius 3 is 2.57 bits per heavy atom. The highest BCUT2D eigenvalue weighted by molar-refractivity contribution is 7.90. The lowest BCUT2D eigenvalue weighted by Gasteiger charge is -2.30. The monoisotopic (exact) mass is 346 g/mol. The second-order valence-electron chi connectivity index (χ2n) is 5.73. The summed E-state index contributed by atoms with van der Waals surface area (Å²) in [4.78, 5) is 12.2. The van der Waals surface area contributed by atoms with Crippen molar-refractivity contribution in [2.45, 2.75) is 43.4 Å². The number of sulfone groups is 1. The molecule has 1 fully saturated rings. The number of rotatable bonds is 5. The quantitative estimate of drug-likeness (QED) is 0.851. The van der Waals surface area contributed by atoms with Gasteiger partial charge in [-0.1, -0.05) is 12.1 Å². The first-order chi connectivity index (χ1) is 10.8. The molecule has 1 aromatic carbocycles. The van der Waals surface area contributed by atoms with Crippen LogP contribution < -0.4 is 10.6 Å². The summed E-state index contributed by atoms with van der Waals surface area (Å²) in [5, 5.41) is 6.21. The van der Waals surface area contributed by atoms with Gasteiger partial charge in [-0.3, -0.25) is 4.79 Å². The zero-order valence-corrected chi connectivity index (χ0v) is 13.6. The molecule has 0 aromatic heterocycles. The van der Waals surface area contributed by atoms with E-state index in [0.717, 1.165) is 19.4 Å². The molecule has 0 saturated carbocycles. The highest BCUT2D eigenvalue weighted by atomic mass is 32.2. The van der Waals surface area contributed by atoms with Crippen molar-refractivity contribution in [2.75, 3.05) is 6.54 Å². The maximum Gasteiger partial charge on any atom is 0.337 e. The third-order valence-corrected chi connectivity index (χ3v) is 5.21. The molecule has 1 heterocycles. The van der Waals surface area contributed by atoms with Gasteiger partial charge in [0.1, 0.15) is 0 Å². The lowest BCUT2D eigenvalue weighted by atomic mass is 9.99. The van der Waals surface area contributed by atoms with Gasteiger partial charge >= 0.3 is 5.76 Å². The van der Waals surface area contributed by atoms with E-state index in [0.29, 0.717) is 5.56 Å². The van der Waals surface area contributed by atoms with Gasteiger partial charge in [-0.2, -0.15) is 8.78 Å². The number of piperidine rings is 1. The Labute approximate surface area is 134 Å². The Balaban J connectivity index is 2.00. The molecule has 2 N–H and O–H groups in total. The van der Waals surface area contributed by atoms with Crippen LogP contribution in [0.2, 0.25) is 0 Å². The first-order valence-electron chi connectivity index (χ1n) is 7.42. The van der Waals surface area contributed by atoms with Crippen molar-refractivity contribution in [1.82, 2.24) is 10.6 Å². The number of benzene rings is 1. The molecular formula is C15H20F2N2O3S. The predicted octanol–water partition coefficient (Wildman–Crippen LogP) is 1.69. The van der Waals surface area contributed by atoms with Gasteiger partial charge < -0.3 is 10.6 Å². The van der Waals surface area contributed by atoms with Crippen LogP contribution in [0.5, 0.6) is 0 Å². The molecule has 0 bridgehead atoms. The number of carbonyl (C=O) groups is 1. The average molecular weight is 346 g/mol. The molecule has 2 rings (SSSR count). The maximum absolute atomic E-state index is 12.3. The van der Waals surface area contributed by atoms with Crippen molar-refractivity contribution in [2.24, 2.45) is 0 Å². The Bertz CT molecular complexity index is 647. The van der Waals surface area contributed by atoms with Crippen LogP contribution in [-0.2, 0) is 15.6 Å². The Hall–Kier alpha value is -1.54. The molecule has 0 spiro atoms. The van der Waals surface area contributed by atoms with E-state index in [1.54, 1.807) is 0 Å². The van der Waals surface area contributed by atoms with Crippen molar-refractivity contribution in [3.8, 4) is 0 Å². The zero-order valence-electron chi connectivity index (χ0n) is 12.8. The topological polar surface area (TPSA) is 75.3 Å². The molecule has 1 aliphatic heterocycles. The fourth-order valence-corrected chi connectivity index (χ4v) is 3.32. The lowest BCUT2D eigenvalue weighted by Crippen LogP contribution is -2.51. The van der Waals surface area contributed by atoms with Crippen LogP contribution in [0.4, 0.5) is 8.78 Å². The van der Waals surface area contributed by atoms with E-state index in [9.17, 15) is 22.0 Å². The molecule has 1 saturated heterocycles. The second kappa shape index (κ2) is 7.35. The van der Waals surface area contributed by atoms with E-state index in [-0.39, 0.29) is 23.6 Å². The largest absolute Gasteiger partial charge is 0.348 e. The van der Waals surface area contributed by atoms with Gasteiger partial charge in [0.2, 0.25) is 9.84 Å². The van der Waals surface area contributed by atoms with Gasteiger partial charge in [0.25, 0.3) is 5.91 Å². The number of hydrogen-bond acceptors (Lipinski definition) is 4. The molecule has 8 heteroatoms. The maximum atomic E-state index is 12.3. The summed E-state index contributed by atoms with van der Waals surface area (Å²) in [5.74, 6) is -4.39. The summed E-state index contributed by atoms with van der Waals surface area (Å²) in [6.07, 6.45) is 1.88. The van der Waals surface area contributed by atoms with E-state index in [4.69, 9.17) is 0 Å². The summed E-state index contributed by atoms with van der Waals surface area (Å²) < 4.78 is 47.1. The van der Waals surface area contributed by atoms with E-state index in [1.807, 2.05) is 6.92 Å². The molecule has 23 heavy (non-hydrogen) atoms. The molecule has 2 unspecified atom stereocenters. The first-order valence-corrected chi connectivity index (χ1v) is 9.14. The van der Waals surface area contributed by atoms with Gasteiger partial charge in [-0.25, -0.2) is 8.42 Å². The van der Waals surface area contributed by atoms with Crippen molar-refractivity contribution < 1.29 is 22.0 Å². The van der Waals surface area contributed by atoms with Gasteiger partial charge in [0.05, 0.1) is 5.75 Å². The Morgan fingerprint density at radius 1 is 1.35 bits per heavy atom. The van der Waals surface area contributed by atoms with E-state index in [1.165, 1.54) is 24.3 Å². The average Bonchev–Trinajstić information content (AvgIpc) is 2.49. The molecule has 128 valence electrons. The minimum Gasteiger partial charge on any atom is -0.348 e. The van der Waals surface area contributed by atoms with E-state index >= 15 is 0 Å². The van der Waals surface area contributed by atoms with E-state index < -0.39 is 21.3 Å². The van der Waals surface area contributed by atoms with Gasteiger partial charge in [-0.15, -0.1) is 0 Å². The number of amides is 1. The minimum absolute atomic E-state index is 0.0372. The van der Waals surface area contributed by atoms with E-state index in [2.05, 4.69) is 10.6 Å². The molecule has 1 aromatic rings. The number of carbonyl (C=O) groups excluding carboxylic acids is 1.